The summed E-state index contributed by atoms with van der Waals surface area (Å²) in [7, 11) is 2.23. The van der Waals surface area contributed by atoms with Gasteiger partial charge in [-0.15, -0.1) is 0 Å². The predicted molar refractivity (Wildman–Crippen MR) is 72.1 cm³/mol. The van der Waals surface area contributed by atoms with Crippen LogP contribution in [-0.4, -0.2) is 7.28 Å². The molecule has 0 bridgehead atoms. The highest BCUT2D eigenvalue weighted by atomic mass is 14.1. The molecule has 0 N–H and O–H groups in total. The first-order chi connectivity index (χ1) is 7.81. The maximum atomic E-state index is 3.92. The fourth-order valence-electron chi connectivity index (χ4n) is 2.48. The molecule has 0 amide bonds. The molecule has 75 valence electrons. The lowest BCUT2D eigenvalue weighted by atomic mass is 9.67. The van der Waals surface area contributed by atoms with E-state index in [1.807, 2.05) is 6.08 Å². The molecule has 0 unspecified atom stereocenters. The first kappa shape index (κ1) is 9.47. The molecule has 0 atom stereocenters. The van der Waals surface area contributed by atoms with Gasteiger partial charge in [0.25, 0.3) is 0 Å². The highest BCUT2D eigenvalue weighted by Gasteiger charge is 2.19. The van der Waals surface area contributed by atoms with Crippen molar-refractivity contribution < 1.29 is 0 Å². The molecule has 0 nitrogen and oxygen atoms in total. The third-order valence-electron chi connectivity index (χ3n) is 3.23. The van der Waals surface area contributed by atoms with E-state index in [4.69, 9.17) is 0 Å². The smallest absolute Gasteiger partial charge is 0.0985 e. The Morgan fingerprint density at radius 3 is 2.75 bits per heavy atom. The molecule has 2 aromatic carbocycles. The second-order valence-corrected chi connectivity index (χ2v) is 4.20. The molecule has 1 heteroatoms. The highest BCUT2D eigenvalue weighted by Crippen LogP contribution is 2.30. The van der Waals surface area contributed by atoms with Gasteiger partial charge in [0.2, 0.25) is 0 Å². The van der Waals surface area contributed by atoms with Gasteiger partial charge in [-0.3, -0.25) is 0 Å². The summed E-state index contributed by atoms with van der Waals surface area (Å²) in [5, 5.41) is 2.62. The van der Waals surface area contributed by atoms with Crippen LogP contribution in [0.2, 0.25) is 0 Å². The molecule has 16 heavy (non-hydrogen) atoms. The maximum absolute atomic E-state index is 3.92. The minimum atomic E-state index is 1.27. The van der Waals surface area contributed by atoms with E-state index in [1.165, 1.54) is 32.8 Å². The summed E-state index contributed by atoms with van der Waals surface area (Å²) in [6.45, 7) is 6.07. The van der Waals surface area contributed by atoms with Crippen LogP contribution >= 0.6 is 0 Å². The van der Waals surface area contributed by atoms with Crippen LogP contribution in [0.25, 0.3) is 16.3 Å². The van der Waals surface area contributed by atoms with Crippen LogP contribution < -0.4 is 5.46 Å². The summed E-state index contributed by atoms with van der Waals surface area (Å²) in [5.41, 5.74) is 5.23. The van der Waals surface area contributed by atoms with Crippen LogP contribution in [0.5, 0.6) is 0 Å². The molecule has 1 aliphatic rings. The second kappa shape index (κ2) is 3.38. The zero-order chi connectivity index (χ0) is 11.1. The molecule has 0 aromatic heterocycles. The van der Waals surface area contributed by atoms with E-state index in [1.54, 1.807) is 0 Å². The van der Waals surface area contributed by atoms with Gasteiger partial charge in [-0.1, -0.05) is 66.9 Å². The van der Waals surface area contributed by atoms with Crippen LogP contribution in [0.15, 0.2) is 54.5 Å². The zero-order valence-electron chi connectivity index (χ0n) is 9.33. The number of rotatable bonds is 1. The number of hydrogen-bond donors (Lipinski definition) is 0. The number of benzene rings is 2. The summed E-state index contributed by atoms with van der Waals surface area (Å²) in [6, 6.07) is 12.9. The van der Waals surface area contributed by atoms with Crippen molar-refractivity contribution in [3.05, 3.63) is 60.1 Å². The molecule has 0 aliphatic carbocycles. The Bertz CT molecular complexity index is 620. The fraction of sp³-hybridized carbons (Fsp3) is 0.0667. The quantitative estimate of drug-likeness (QED) is 0.624. The van der Waals surface area contributed by atoms with Gasteiger partial charge >= 0.3 is 0 Å². The Labute approximate surface area is 96.5 Å². The minimum absolute atomic E-state index is 1.27. The summed E-state index contributed by atoms with van der Waals surface area (Å²) in [5.74, 6) is 0. The Balaban J connectivity index is 2.43. The lowest BCUT2D eigenvalue weighted by Crippen LogP contribution is -2.12. The standard InChI is InChI=1S/C15H12B/c1-3-12-10(2)16-14-9-8-11-6-4-5-7-13(11)15(12)14/h3-9H,1H2,2H3. The van der Waals surface area contributed by atoms with E-state index < -0.39 is 0 Å². The molecular formula is C15H12B. The topological polar surface area (TPSA) is 0 Å². The number of hydrogen-bond acceptors (Lipinski definition) is 0. The van der Waals surface area contributed by atoms with Crippen molar-refractivity contribution >= 4 is 29.1 Å². The van der Waals surface area contributed by atoms with E-state index >= 15 is 0 Å². The molecule has 1 heterocycles. The lowest BCUT2D eigenvalue weighted by molar-refractivity contribution is 1.67. The Hall–Kier alpha value is -1.76. The predicted octanol–water partition coefficient (Wildman–Crippen LogP) is 3.10. The van der Waals surface area contributed by atoms with Gasteiger partial charge in [0, 0.05) is 0 Å². The molecule has 0 saturated carbocycles. The Kier molecular flexibility index (Phi) is 2.00. The zero-order valence-corrected chi connectivity index (χ0v) is 9.33. The van der Waals surface area contributed by atoms with Gasteiger partial charge in [-0.05, 0) is 21.9 Å². The Morgan fingerprint density at radius 2 is 1.94 bits per heavy atom. The average molecular weight is 203 g/mol. The average Bonchev–Trinajstić information content (AvgIpc) is 2.65. The molecule has 0 saturated heterocycles. The third-order valence-corrected chi connectivity index (χ3v) is 3.23. The maximum Gasteiger partial charge on any atom is 0.187 e. The number of allylic oxidation sites excluding steroid dienone is 3. The van der Waals surface area contributed by atoms with Crippen molar-refractivity contribution in [1.82, 2.24) is 0 Å². The molecular weight excluding hydrogens is 191 g/mol. The minimum Gasteiger partial charge on any atom is -0.0985 e. The monoisotopic (exact) mass is 203 g/mol. The summed E-state index contributed by atoms with van der Waals surface area (Å²) >= 11 is 0. The normalized spacial score (nSPS) is 13.8. The molecule has 0 fully saturated rings. The molecule has 0 spiro atoms. The summed E-state index contributed by atoms with van der Waals surface area (Å²) in [4.78, 5) is 0. The van der Waals surface area contributed by atoms with Gasteiger partial charge in [-0.25, -0.2) is 0 Å². The Morgan fingerprint density at radius 1 is 1.12 bits per heavy atom. The molecule has 1 aliphatic heterocycles. The van der Waals surface area contributed by atoms with E-state index in [2.05, 4.69) is 57.2 Å². The van der Waals surface area contributed by atoms with Crippen LogP contribution in [-0.2, 0) is 0 Å². The SMILES string of the molecule is C=CC1=C(C)[B]c2ccc3ccccc3c21. The van der Waals surface area contributed by atoms with Gasteiger partial charge in [0.15, 0.2) is 7.28 Å². The molecule has 2 aromatic rings. The fourth-order valence-corrected chi connectivity index (χ4v) is 2.48. The van der Waals surface area contributed by atoms with Crippen molar-refractivity contribution in [2.75, 3.05) is 0 Å². The lowest BCUT2D eigenvalue weighted by Gasteiger charge is -2.07. The summed E-state index contributed by atoms with van der Waals surface area (Å²) < 4.78 is 0. The van der Waals surface area contributed by atoms with E-state index in [-0.39, 0.29) is 0 Å². The first-order valence-electron chi connectivity index (χ1n) is 5.51. The largest absolute Gasteiger partial charge is 0.187 e. The second-order valence-electron chi connectivity index (χ2n) is 4.20. The van der Waals surface area contributed by atoms with Crippen LogP contribution in [0.3, 0.4) is 0 Å². The third kappa shape index (κ3) is 1.18. The van der Waals surface area contributed by atoms with Gasteiger partial charge < -0.3 is 0 Å². The van der Waals surface area contributed by atoms with Crippen LogP contribution in [0.1, 0.15) is 12.5 Å². The van der Waals surface area contributed by atoms with Gasteiger partial charge in [0.1, 0.15) is 0 Å². The first-order valence-corrected chi connectivity index (χ1v) is 5.51. The molecule has 3 rings (SSSR count). The van der Waals surface area contributed by atoms with Crippen molar-refractivity contribution in [3.63, 3.8) is 0 Å². The van der Waals surface area contributed by atoms with Crippen LogP contribution in [0, 0.1) is 0 Å². The number of fused-ring (bicyclic) bond motifs is 3. The van der Waals surface area contributed by atoms with Gasteiger partial charge in [-0.2, -0.15) is 0 Å². The van der Waals surface area contributed by atoms with E-state index in [0.29, 0.717) is 0 Å². The van der Waals surface area contributed by atoms with Gasteiger partial charge in [0.05, 0.1) is 0 Å². The van der Waals surface area contributed by atoms with Crippen molar-refractivity contribution in [2.24, 2.45) is 0 Å². The molecule has 1 radical (unpaired) electrons. The van der Waals surface area contributed by atoms with Crippen molar-refractivity contribution in [1.29, 1.82) is 0 Å². The van der Waals surface area contributed by atoms with Crippen molar-refractivity contribution in [3.8, 4) is 0 Å². The van der Waals surface area contributed by atoms with Crippen LogP contribution in [0.4, 0.5) is 0 Å². The highest BCUT2D eigenvalue weighted by molar-refractivity contribution is 6.66. The van der Waals surface area contributed by atoms with Crippen molar-refractivity contribution in [2.45, 2.75) is 6.92 Å². The van der Waals surface area contributed by atoms with E-state index in [0.717, 1.165) is 0 Å². The van der Waals surface area contributed by atoms with E-state index in [9.17, 15) is 0 Å². The summed E-state index contributed by atoms with van der Waals surface area (Å²) in [6.07, 6.45) is 1.96.